The number of ether oxygens (including phenoxy) is 2. The number of hydrogen-bond acceptors (Lipinski definition) is 6. The number of aryl methyl sites for hydroxylation is 1. The van der Waals surface area contributed by atoms with Crippen LogP contribution in [0, 0.1) is 11.6 Å². The van der Waals surface area contributed by atoms with E-state index in [-0.39, 0.29) is 22.8 Å². The summed E-state index contributed by atoms with van der Waals surface area (Å²) in [5, 5.41) is 5.88. The van der Waals surface area contributed by atoms with E-state index in [4.69, 9.17) is 9.47 Å². The molecule has 0 atom stereocenters. The van der Waals surface area contributed by atoms with Gasteiger partial charge in [0.1, 0.15) is 17.3 Å². The summed E-state index contributed by atoms with van der Waals surface area (Å²) in [6.07, 6.45) is 0. The lowest BCUT2D eigenvalue weighted by atomic mass is 10.1. The molecule has 0 saturated heterocycles. The number of halogens is 2. The van der Waals surface area contributed by atoms with Crippen LogP contribution in [0.1, 0.15) is 0 Å². The van der Waals surface area contributed by atoms with E-state index >= 15 is 0 Å². The monoisotopic (exact) mass is 417 g/mol. The van der Waals surface area contributed by atoms with Crippen molar-refractivity contribution in [2.75, 3.05) is 11.8 Å². The molecule has 29 heavy (non-hydrogen) atoms. The number of aromatic nitrogens is 2. The van der Waals surface area contributed by atoms with Crippen molar-refractivity contribution >= 4 is 17.6 Å². The van der Waals surface area contributed by atoms with Crippen LogP contribution in [0.2, 0.25) is 0 Å². The average molecular weight is 417 g/mol. The van der Waals surface area contributed by atoms with E-state index in [2.05, 4.69) is 16.4 Å². The summed E-state index contributed by atoms with van der Waals surface area (Å²) < 4.78 is 42.7. The standard InChI is InChI=1S/C20H17F2N3O3S/c1-4-29-24-14-6-5-7-16(28-15-9-8-12(21)10-13(15)22)19(14)20-17(27-3)11-18(26)25(2)23-20/h4-11,24H,1H2,2-3H3. The van der Waals surface area contributed by atoms with Gasteiger partial charge >= 0.3 is 0 Å². The zero-order chi connectivity index (χ0) is 21.0. The van der Waals surface area contributed by atoms with Gasteiger partial charge in [-0.1, -0.05) is 12.6 Å². The van der Waals surface area contributed by atoms with Crippen LogP contribution in [-0.2, 0) is 7.05 Å². The first-order valence-electron chi connectivity index (χ1n) is 8.35. The van der Waals surface area contributed by atoms with Crippen molar-refractivity contribution in [3.8, 4) is 28.5 Å². The van der Waals surface area contributed by atoms with Crippen LogP contribution >= 0.6 is 11.9 Å². The van der Waals surface area contributed by atoms with E-state index < -0.39 is 11.6 Å². The third-order valence-corrected chi connectivity index (χ3v) is 4.41. The maximum Gasteiger partial charge on any atom is 0.270 e. The molecular formula is C20H17F2N3O3S. The fourth-order valence-electron chi connectivity index (χ4n) is 2.58. The van der Waals surface area contributed by atoms with Crippen LogP contribution < -0.4 is 19.8 Å². The van der Waals surface area contributed by atoms with Crippen LogP contribution in [0.15, 0.2) is 59.2 Å². The largest absolute Gasteiger partial charge is 0.494 e. The first-order valence-corrected chi connectivity index (χ1v) is 9.23. The highest BCUT2D eigenvalue weighted by Gasteiger charge is 2.21. The Balaban J connectivity index is 2.21. The second-order valence-corrected chi connectivity index (χ2v) is 6.54. The first-order chi connectivity index (χ1) is 13.9. The molecule has 0 fully saturated rings. The fraction of sp³-hybridized carbons (Fsp3) is 0.100. The molecule has 0 aliphatic carbocycles. The molecule has 2 aromatic carbocycles. The van der Waals surface area contributed by atoms with Crippen LogP contribution in [0.3, 0.4) is 0 Å². The quantitative estimate of drug-likeness (QED) is 0.561. The van der Waals surface area contributed by atoms with E-state index in [0.29, 0.717) is 16.9 Å². The lowest BCUT2D eigenvalue weighted by molar-refractivity contribution is 0.409. The molecule has 3 aromatic rings. The number of benzene rings is 2. The van der Waals surface area contributed by atoms with Gasteiger partial charge in [0.15, 0.2) is 17.3 Å². The maximum absolute atomic E-state index is 14.2. The molecule has 0 spiro atoms. The van der Waals surface area contributed by atoms with Crippen LogP contribution in [0.4, 0.5) is 14.5 Å². The molecule has 0 unspecified atom stereocenters. The Morgan fingerprint density at radius 3 is 2.66 bits per heavy atom. The van der Waals surface area contributed by atoms with Gasteiger partial charge < -0.3 is 14.2 Å². The second-order valence-electron chi connectivity index (χ2n) is 5.77. The van der Waals surface area contributed by atoms with Gasteiger partial charge in [0, 0.05) is 19.2 Å². The molecule has 0 aliphatic rings. The Kier molecular flexibility index (Phi) is 6.18. The Morgan fingerprint density at radius 1 is 1.17 bits per heavy atom. The molecule has 0 radical (unpaired) electrons. The summed E-state index contributed by atoms with van der Waals surface area (Å²) in [6, 6.07) is 9.37. The smallest absolute Gasteiger partial charge is 0.270 e. The van der Waals surface area contributed by atoms with Crippen molar-refractivity contribution in [3.63, 3.8) is 0 Å². The van der Waals surface area contributed by atoms with Gasteiger partial charge in [0.2, 0.25) is 0 Å². The molecule has 3 rings (SSSR count). The lowest BCUT2D eigenvalue weighted by Gasteiger charge is -2.17. The first kappa shape index (κ1) is 20.4. The molecule has 1 heterocycles. The van der Waals surface area contributed by atoms with Crippen molar-refractivity contribution < 1.29 is 18.3 Å². The average Bonchev–Trinajstić information content (AvgIpc) is 2.70. The number of rotatable bonds is 7. The number of nitrogens with zero attached hydrogens (tertiary/aromatic N) is 2. The van der Waals surface area contributed by atoms with Crippen LogP contribution in [-0.4, -0.2) is 16.9 Å². The van der Waals surface area contributed by atoms with Gasteiger partial charge in [0.25, 0.3) is 5.56 Å². The molecule has 0 bridgehead atoms. The van der Waals surface area contributed by atoms with Crippen molar-refractivity contribution in [2.45, 2.75) is 0 Å². The molecule has 9 heteroatoms. The summed E-state index contributed by atoms with van der Waals surface area (Å²) in [7, 11) is 2.91. The molecular weight excluding hydrogens is 400 g/mol. The minimum atomic E-state index is -0.852. The van der Waals surface area contributed by atoms with Crippen LogP contribution in [0.5, 0.6) is 17.2 Å². The molecule has 6 nitrogen and oxygen atoms in total. The lowest BCUT2D eigenvalue weighted by Crippen LogP contribution is -2.19. The predicted molar refractivity (Wildman–Crippen MR) is 109 cm³/mol. The zero-order valence-corrected chi connectivity index (χ0v) is 16.4. The minimum absolute atomic E-state index is 0.162. The zero-order valence-electron chi connectivity index (χ0n) is 15.6. The Bertz CT molecular complexity index is 1120. The van der Waals surface area contributed by atoms with E-state index in [1.54, 1.807) is 23.6 Å². The third kappa shape index (κ3) is 4.40. The summed E-state index contributed by atoms with van der Waals surface area (Å²) >= 11 is 1.21. The number of hydrogen-bond donors (Lipinski definition) is 1. The maximum atomic E-state index is 14.2. The molecule has 0 aliphatic heterocycles. The van der Waals surface area contributed by atoms with Gasteiger partial charge in [-0.25, -0.2) is 13.5 Å². The highest BCUT2D eigenvalue weighted by Crippen LogP contribution is 2.42. The minimum Gasteiger partial charge on any atom is -0.494 e. The van der Waals surface area contributed by atoms with E-state index in [1.807, 2.05) is 0 Å². The van der Waals surface area contributed by atoms with Crippen molar-refractivity contribution in [1.29, 1.82) is 0 Å². The number of nitrogens with one attached hydrogen (secondary N) is 1. The number of methoxy groups -OCH3 is 1. The van der Waals surface area contributed by atoms with Gasteiger partial charge in [-0.2, -0.15) is 5.10 Å². The molecule has 0 saturated carbocycles. The van der Waals surface area contributed by atoms with Gasteiger partial charge in [-0.15, -0.1) is 0 Å². The molecule has 1 aromatic heterocycles. The van der Waals surface area contributed by atoms with Gasteiger partial charge in [-0.3, -0.25) is 4.79 Å². The van der Waals surface area contributed by atoms with E-state index in [0.717, 1.165) is 16.8 Å². The fourth-order valence-corrected chi connectivity index (χ4v) is 2.96. The van der Waals surface area contributed by atoms with Crippen LogP contribution in [0.25, 0.3) is 11.3 Å². The predicted octanol–water partition coefficient (Wildman–Crippen LogP) is 4.73. The Hall–Kier alpha value is -3.33. The summed E-state index contributed by atoms with van der Waals surface area (Å²) in [6.45, 7) is 3.65. The molecule has 150 valence electrons. The number of anilines is 1. The van der Waals surface area contributed by atoms with Gasteiger partial charge in [0.05, 0.1) is 18.4 Å². The second kappa shape index (κ2) is 8.78. The molecule has 0 amide bonds. The Labute approximate surface area is 169 Å². The Morgan fingerprint density at radius 2 is 1.97 bits per heavy atom. The van der Waals surface area contributed by atoms with Crippen molar-refractivity contribution in [1.82, 2.24) is 9.78 Å². The van der Waals surface area contributed by atoms with Gasteiger partial charge in [-0.05, 0) is 41.6 Å². The third-order valence-electron chi connectivity index (χ3n) is 3.91. The van der Waals surface area contributed by atoms with E-state index in [1.165, 1.54) is 38.2 Å². The van der Waals surface area contributed by atoms with Crippen molar-refractivity contribution in [2.24, 2.45) is 7.05 Å². The highest BCUT2D eigenvalue weighted by molar-refractivity contribution is 8.03. The van der Waals surface area contributed by atoms with Crippen molar-refractivity contribution in [3.05, 3.63) is 76.4 Å². The summed E-state index contributed by atoms with van der Waals surface area (Å²) in [4.78, 5) is 12.0. The summed E-state index contributed by atoms with van der Waals surface area (Å²) in [5.74, 6) is -1.28. The normalized spacial score (nSPS) is 10.5. The molecule has 1 N–H and O–H groups in total. The topological polar surface area (TPSA) is 65.4 Å². The SMILES string of the molecule is C=CSNc1cccc(Oc2ccc(F)cc2F)c1-c1nn(C)c(=O)cc1OC. The summed E-state index contributed by atoms with van der Waals surface area (Å²) in [5.41, 5.74) is 0.945. The van der Waals surface area contributed by atoms with E-state index in [9.17, 15) is 13.6 Å². The highest BCUT2D eigenvalue weighted by atomic mass is 32.2.